The van der Waals surface area contributed by atoms with Crippen LogP contribution in [0.5, 0.6) is 0 Å². The van der Waals surface area contributed by atoms with E-state index in [0.717, 1.165) is 41.5 Å². The number of Topliss-reactive ketones (excluding diaryl/α,β-unsaturated/α-hetero) is 1. The molecular weight excluding hydrogens is 246 g/mol. The van der Waals surface area contributed by atoms with Crippen molar-refractivity contribution in [1.82, 2.24) is 4.90 Å². The summed E-state index contributed by atoms with van der Waals surface area (Å²) in [6.07, 6.45) is 4.61. The van der Waals surface area contributed by atoms with Crippen molar-refractivity contribution in [2.45, 2.75) is 12.8 Å². The standard InChI is InChI=1S/C18H17NO/c20-18-15(12-19-9-1-2-10-19)11-14-7-3-5-13-6-4-8-16(18)17(13)14/h3-8,11H,1-2,9-10,12H2. The van der Waals surface area contributed by atoms with Crippen LogP contribution < -0.4 is 0 Å². The van der Waals surface area contributed by atoms with Crippen LogP contribution in [-0.2, 0) is 0 Å². The van der Waals surface area contributed by atoms with Crippen LogP contribution in [0.2, 0.25) is 0 Å². The maximum atomic E-state index is 12.7. The topological polar surface area (TPSA) is 20.3 Å². The molecule has 1 aliphatic carbocycles. The summed E-state index contributed by atoms with van der Waals surface area (Å²) in [6.45, 7) is 3.04. The average Bonchev–Trinajstić information content (AvgIpc) is 2.97. The third kappa shape index (κ3) is 1.80. The summed E-state index contributed by atoms with van der Waals surface area (Å²) in [5.41, 5.74) is 3.00. The second-order valence-corrected chi connectivity index (χ2v) is 5.73. The summed E-state index contributed by atoms with van der Waals surface area (Å²) < 4.78 is 0. The zero-order valence-corrected chi connectivity index (χ0v) is 11.4. The lowest BCUT2D eigenvalue weighted by Gasteiger charge is -2.21. The molecule has 2 nitrogen and oxygen atoms in total. The Labute approximate surface area is 118 Å². The Balaban J connectivity index is 1.81. The lowest BCUT2D eigenvalue weighted by Crippen LogP contribution is -2.26. The van der Waals surface area contributed by atoms with Gasteiger partial charge in [0.05, 0.1) is 0 Å². The highest BCUT2D eigenvalue weighted by atomic mass is 16.1. The van der Waals surface area contributed by atoms with Crippen LogP contribution in [0.3, 0.4) is 0 Å². The number of rotatable bonds is 2. The smallest absolute Gasteiger partial charge is 0.190 e. The molecule has 4 rings (SSSR count). The second-order valence-electron chi connectivity index (χ2n) is 5.73. The lowest BCUT2D eigenvalue weighted by atomic mass is 9.88. The number of benzene rings is 2. The highest BCUT2D eigenvalue weighted by molar-refractivity contribution is 6.22. The minimum Gasteiger partial charge on any atom is -0.299 e. The Morgan fingerprint density at radius 1 is 1.00 bits per heavy atom. The molecule has 0 N–H and O–H groups in total. The van der Waals surface area contributed by atoms with Gasteiger partial charge in [0, 0.05) is 23.1 Å². The van der Waals surface area contributed by atoms with Crippen molar-refractivity contribution in [1.29, 1.82) is 0 Å². The van der Waals surface area contributed by atoms with Crippen LogP contribution in [0.25, 0.3) is 16.8 Å². The van der Waals surface area contributed by atoms with E-state index in [2.05, 4.69) is 35.2 Å². The fraction of sp³-hybridized carbons (Fsp3) is 0.278. The van der Waals surface area contributed by atoms with E-state index in [0.29, 0.717) is 0 Å². The minimum absolute atomic E-state index is 0.209. The van der Waals surface area contributed by atoms with Gasteiger partial charge in [-0.3, -0.25) is 9.69 Å². The number of carbonyl (C=O) groups excluding carboxylic acids is 1. The van der Waals surface area contributed by atoms with E-state index in [1.807, 2.05) is 12.1 Å². The molecular formula is C18H17NO. The highest BCUT2D eigenvalue weighted by Crippen LogP contribution is 2.31. The van der Waals surface area contributed by atoms with Gasteiger partial charge in [0.25, 0.3) is 0 Å². The first-order valence-corrected chi connectivity index (χ1v) is 7.32. The molecule has 1 aliphatic heterocycles. The zero-order chi connectivity index (χ0) is 13.5. The number of hydrogen-bond acceptors (Lipinski definition) is 2. The van der Waals surface area contributed by atoms with Crippen molar-refractivity contribution < 1.29 is 4.79 Å². The van der Waals surface area contributed by atoms with Gasteiger partial charge in [0.1, 0.15) is 0 Å². The molecule has 2 aromatic rings. The van der Waals surface area contributed by atoms with E-state index in [1.54, 1.807) is 0 Å². The number of carbonyl (C=O) groups is 1. The average molecular weight is 263 g/mol. The van der Waals surface area contributed by atoms with Crippen LogP contribution in [0, 0.1) is 0 Å². The summed E-state index contributed by atoms with van der Waals surface area (Å²) in [5.74, 6) is 0.209. The van der Waals surface area contributed by atoms with E-state index in [1.165, 1.54) is 18.4 Å². The van der Waals surface area contributed by atoms with Crippen LogP contribution in [0.15, 0.2) is 42.0 Å². The summed E-state index contributed by atoms with van der Waals surface area (Å²) in [4.78, 5) is 15.1. The Morgan fingerprint density at radius 3 is 2.55 bits per heavy atom. The largest absolute Gasteiger partial charge is 0.299 e. The van der Waals surface area contributed by atoms with Crippen molar-refractivity contribution in [2.24, 2.45) is 0 Å². The Bertz CT molecular complexity index is 718. The Kier molecular flexibility index (Phi) is 2.71. The predicted octanol–water partition coefficient (Wildman–Crippen LogP) is 3.52. The van der Waals surface area contributed by atoms with E-state index in [9.17, 15) is 4.79 Å². The molecule has 0 radical (unpaired) electrons. The van der Waals surface area contributed by atoms with E-state index in [-0.39, 0.29) is 5.78 Å². The van der Waals surface area contributed by atoms with Gasteiger partial charge in [-0.25, -0.2) is 0 Å². The molecule has 2 heteroatoms. The fourth-order valence-corrected chi connectivity index (χ4v) is 3.40. The van der Waals surface area contributed by atoms with E-state index in [4.69, 9.17) is 0 Å². The van der Waals surface area contributed by atoms with Crippen LogP contribution in [0.4, 0.5) is 0 Å². The van der Waals surface area contributed by atoms with Gasteiger partial charge >= 0.3 is 0 Å². The van der Waals surface area contributed by atoms with Crippen LogP contribution in [0.1, 0.15) is 28.8 Å². The maximum Gasteiger partial charge on any atom is 0.190 e. The molecule has 2 aromatic carbocycles. The number of nitrogens with zero attached hydrogens (tertiary/aromatic N) is 1. The zero-order valence-electron chi connectivity index (χ0n) is 11.4. The van der Waals surface area contributed by atoms with Crippen molar-refractivity contribution in [3.63, 3.8) is 0 Å². The fourth-order valence-electron chi connectivity index (χ4n) is 3.40. The molecule has 0 aromatic heterocycles. The first kappa shape index (κ1) is 11.9. The third-order valence-corrected chi connectivity index (χ3v) is 4.40. The molecule has 0 unspecified atom stereocenters. The lowest BCUT2D eigenvalue weighted by molar-refractivity contribution is 0.102. The first-order valence-electron chi connectivity index (χ1n) is 7.32. The van der Waals surface area contributed by atoms with Crippen LogP contribution in [-0.4, -0.2) is 30.3 Å². The van der Waals surface area contributed by atoms with Gasteiger partial charge in [-0.1, -0.05) is 36.4 Å². The normalized spacial score (nSPS) is 18.6. The van der Waals surface area contributed by atoms with Gasteiger partial charge in [-0.2, -0.15) is 0 Å². The number of ketones is 1. The molecule has 100 valence electrons. The summed E-state index contributed by atoms with van der Waals surface area (Å²) in [6, 6.07) is 12.3. The molecule has 0 spiro atoms. The molecule has 0 saturated carbocycles. The van der Waals surface area contributed by atoms with Gasteiger partial charge in [-0.15, -0.1) is 0 Å². The molecule has 1 heterocycles. The molecule has 0 amide bonds. The molecule has 1 saturated heterocycles. The van der Waals surface area contributed by atoms with E-state index < -0.39 is 0 Å². The summed E-state index contributed by atoms with van der Waals surface area (Å²) in [5, 5.41) is 2.27. The second kappa shape index (κ2) is 4.57. The van der Waals surface area contributed by atoms with Crippen molar-refractivity contribution in [3.05, 3.63) is 53.1 Å². The Hall–Kier alpha value is -1.93. The monoisotopic (exact) mass is 263 g/mol. The van der Waals surface area contributed by atoms with Gasteiger partial charge in [-0.05, 0) is 43.0 Å². The predicted molar refractivity (Wildman–Crippen MR) is 81.9 cm³/mol. The number of hydrogen-bond donors (Lipinski definition) is 0. The van der Waals surface area contributed by atoms with E-state index >= 15 is 0 Å². The van der Waals surface area contributed by atoms with Gasteiger partial charge < -0.3 is 0 Å². The summed E-state index contributed by atoms with van der Waals surface area (Å²) in [7, 11) is 0. The third-order valence-electron chi connectivity index (χ3n) is 4.40. The van der Waals surface area contributed by atoms with Gasteiger partial charge in [0.2, 0.25) is 0 Å². The highest BCUT2D eigenvalue weighted by Gasteiger charge is 2.23. The van der Waals surface area contributed by atoms with Crippen molar-refractivity contribution in [3.8, 4) is 0 Å². The van der Waals surface area contributed by atoms with Gasteiger partial charge in [0.15, 0.2) is 5.78 Å². The minimum atomic E-state index is 0.209. The van der Waals surface area contributed by atoms with Crippen molar-refractivity contribution >= 4 is 22.6 Å². The Morgan fingerprint density at radius 2 is 1.75 bits per heavy atom. The van der Waals surface area contributed by atoms with Crippen molar-refractivity contribution in [2.75, 3.05) is 19.6 Å². The number of likely N-dealkylation sites (tertiary alicyclic amines) is 1. The molecule has 20 heavy (non-hydrogen) atoms. The first-order chi connectivity index (χ1) is 9.83. The molecule has 0 atom stereocenters. The molecule has 1 fully saturated rings. The molecule has 0 bridgehead atoms. The van der Waals surface area contributed by atoms with Crippen LogP contribution >= 0.6 is 0 Å². The SMILES string of the molecule is O=C1C(CN2CCCC2)=Cc2cccc3cccc1c23. The molecule has 2 aliphatic rings. The quantitative estimate of drug-likeness (QED) is 0.826. The maximum absolute atomic E-state index is 12.7. The summed E-state index contributed by atoms with van der Waals surface area (Å²) >= 11 is 0.